The first-order valence-corrected chi connectivity index (χ1v) is 5.16. The summed E-state index contributed by atoms with van der Waals surface area (Å²) in [7, 11) is 0. The summed E-state index contributed by atoms with van der Waals surface area (Å²) < 4.78 is 5.75. The van der Waals surface area contributed by atoms with Gasteiger partial charge in [-0.15, -0.1) is 0 Å². The molecular formula is C9H8BrClO4. The topological polar surface area (TPSA) is 66.8 Å². The number of benzene rings is 1. The number of aliphatic hydroxyl groups excluding tert-OH is 1. The predicted molar refractivity (Wildman–Crippen MR) is 58.3 cm³/mol. The molecule has 1 aromatic rings. The Morgan fingerprint density at radius 2 is 2.27 bits per heavy atom. The van der Waals surface area contributed by atoms with Gasteiger partial charge in [-0.05, 0) is 34.1 Å². The summed E-state index contributed by atoms with van der Waals surface area (Å²) in [5.74, 6) is -0.915. The Hall–Kier alpha value is -0.780. The molecular weight excluding hydrogens is 287 g/mol. The molecule has 15 heavy (non-hydrogen) atoms. The van der Waals surface area contributed by atoms with Gasteiger partial charge in [0.2, 0.25) is 0 Å². The van der Waals surface area contributed by atoms with Crippen LogP contribution in [0.5, 0.6) is 5.75 Å². The lowest BCUT2D eigenvalue weighted by Crippen LogP contribution is -2.26. The van der Waals surface area contributed by atoms with Gasteiger partial charge >= 0.3 is 5.97 Å². The summed E-state index contributed by atoms with van der Waals surface area (Å²) in [6, 6.07) is 4.82. The highest BCUT2D eigenvalue weighted by Gasteiger charge is 2.13. The third-order valence-electron chi connectivity index (χ3n) is 1.58. The molecule has 6 heteroatoms. The van der Waals surface area contributed by atoms with Crippen molar-refractivity contribution in [1.82, 2.24) is 0 Å². The lowest BCUT2D eigenvalue weighted by molar-refractivity contribution is -0.148. The molecule has 0 aliphatic carbocycles. The fourth-order valence-electron chi connectivity index (χ4n) is 0.813. The molecule has 1 rings (SSSR count). The van der Waals surface area contributed by atoms with Gasteiger partial charge in [0.1, 0.15) is 12.4 Å². The van der Waals surface area contributed by atoms with Crippen molar-refractivity contribution in [3.63, 3.8) is 0 Å². The van der Waals surface area contributed by atoms with E-state index in [0.29, 0.717) is 10.8 Å². The van der Waals surface area contributed by atoms with Crippen LogP contribution < -0.4 is 4.74 Å². The van der Waals surface area contributed by atoms with E-state index in [2.05, 4.69) is 15.9 Å². The highest BCUT2D eigenvalue weighted by Crippen LogP contribution is 2.26. The number of carbonyl (C=O) groups is 1. The zero-order valence-electron chi connectivity index (χ0n) is 7.48. The van der Waals surface area contributed by atoms with Gasteiger partial charge in [-0.25, -0.2) is 4.79 Å². The molecule has 0 aliphatic heterocycles. The van der Waals surface area contributed by atoms with E-state index in [0.717, 1.165) is 4.47 Å². The van der Waals surface area contributed by atoms with E-state index in [9.17, 15) is 4.79 Å². The maximum absolute atomic E-state index is 10.3. The fourth-order valence-corrected chi connectivity index (χ4v) is 1.23. The van der Waals surface area contributed by atoms with Crippen molar-refractivity contribution >= 4 is 33.5 Å². The van der Waals surface area contributed by atoms with Gasteiger partial charge in [0.05, 0.1) is 5.02 Å². The summed E-state index contributed by atoms with van der Waals surface area (Å²) in [4.78, 5) is 10.3. The number of carboxylic acid groups (broad SMARTS) is 1. The van der Waals surface area contributed by atoms with Crippen molar-refractivity contribution in [3.8, 4) is 5.75 Å². The quantitative estimate of drug-likeness (QED) is 0.890. The first-order valence-electron chi connectivity index (χ1n) is 3.99. The molecule has 0 bridgehead atoms. The van der Waals surface area contributed by atoms with Crippen LogP contribution in [0.1, 0.15) is 0 Å². The van der Waals surface area contributed by atoms with Crippen LogP contribution in [0.25, 0.3) is 0 Å². The van der Waals surface area contributed by atoms with E-state index < -0.39 is 12.1 Å². The third-order valence-corrected chi connectivity index (χ3v) is 2.82. The van der Waals surface area contributed by atoms with E-state index in [4.69, 9.17) is 26.6 Å². The van der Waals surface area contributed by atoms with Gasteiger partial charge in [0.25, 0.3) is 0 Å². The first-order chi connectivity index (χ1) is 7.00. The lowest BCUT2D eigenvalue weighted by Gasteiger charge is -2.09. The average Bonchev–Trinajstić information content (AvgIpc) is 2.19. The number of hydrogen-bond acceptors (Lipinski definition) is 3. The summed E-state index contributed by atoms with van der Waals surface area (Å²) in [5, 5.41) is 17.8. The van der Waals surface area contributed by atoms with Crippen molar-refractivity contribution in [2.24, 2.45) is 0 Å². The van der Waals surface area contributed by atoms with Crippen LogP contribution in [0.15, 0.2) is 22.7 Å². The Kier molecular flexibility index (Phi) is 4.38. The standard InChI is InChI=1S/C9H8BrClO4/c10-6-2-1-5(3-7(6)11)15-4-8(12)9(13)14/h1-3,8,12H,4H2,(H,13,14). The molecule has 0 saturated heterocycles. The van der Waals surface area contributed by atoms with Crippen LogP contribution in [-0.2, 0) is 4.79 Å². The van der Waals surface area contributed by atoms with Gasteiger partial charge < -0.3 is 14.9 Å². The van der Waals surface area contributed by atoms with Crippen molar-refractivity contribution < 1.29 is 19.7 Å². The zero-order chi connectivity index (χ0) is 11.4. The Morgan fingerprint density at radius 3 is 2.80 bits per heavy atom. The molecule has 0 fully saturated rings. The second kappa shape index (κ2) is 5.34. The molecule has 0 radical (unpaired) electrons. The average molecular weight is 296 g/mol. The van der Waals surface area contributed by atoms with Crippen LogP contribution in [0.2, 0.25) is 5.02 Å². The number of rotatable bonds is 4. The zero-order valence-corrected chi connectivity index (χ0v) is 9.83. The van der Waals surface area contributed by atoms with Gasteiger partial charge in [-0.3, -0.25) is 0 Å². The minimum absolute atomic E-state index is 0.312. The summed E-state index contributed by atoms with van der Waals surface area (Å²) in [6.45, 7) is -0.312. The van der Waals surface area contributed by atoms with Gasteiger partial charge in [-0.1, -0.05) is 11.6 Å². The second-order valence-electron chi connectivity index (χ2n) is 2.74. The number of halogens is 2. The molecule has 4 nitrogen and oxygen atoms in total. The molecule has 1 aromatic carbocycles. The molecule has 0 spiro atoms. The van der Waals surface area contributed by atoms with Crippen molar-refractivity contribution in [2.75, 3.05) is 6.61 Å². The number of carboxylic acids is 1. The SMILES string of the molecule is O=C(O)C(O)COc1ccc(Br)c(Cl)c1. The van der Waals surface area contributed by atoms with Crippen LogP contribution >= 0.6 is 27.5 Å². The summed E-state index contributed by atoms with van der Waals surface area (Å²) in [5.41, 5.74) is 0. The number of hydrogen-bond donors (Lipinski definition) is 2. The van der Waals surface area contributed by atoms with Gasteiger partial charge in [0, 0.05) is 4.47 Å². The largest absolute Gasteiger partial charge is 0.490 e. The molecule has 0 aromatic heterocycles. The lowest BCUT2D eigenvalue weighted by atomic mass is 10.3. The highest BCUT2D eigenvalue weighted by molar-refractivity contribution is 9.10. The summed E-state index contributed by atoms with van der Waals surface area (Å²) in [6.07, 6.45) is -1.53. The molecule has 0 aliphatic rings. The monoisotopic (exact) mass is 294 g/mol. The maximum Gasteiger partial charge on any atom is 0.336 e. The normalized spacial score (nSPS) is 12.2. The van der Waals surface area contributed by atoms with Gasteiger partial charge in [0.15, 0.2) is 6.10 Å². The Labute approximate surface area is 99.6 Å². The Bertz CT molecular complexity index is 369. The molecule has 1 atom stereocenters. The smallest absolute Gasteiger partial charge is 0.336 e. The van der Waals surface area contributed by atoms with Crippen LogP contribution in [0.4, 0.5) is 0 Å². The van der Waals surface area contributed by atoms with Crippen LogP contribution in [0.3, 0.4) is 0 Å². The molecule has 82 valence electrons. The molecule has 1 unspecified atom stereocenters. The van der Waals surface area contributed by atoms with Gasteiger partial charge in [-0.2, -0.15) is 0 Å². The van der Waals surface area contributed by atoms with E-state index in [1.54, 1.807) is 12.1 Å². The van der Waals surface area contributed by atoms with Crippen LogP contribution in [0, 0.1) is 0 Å². The van der Waals surface area contributed by atoms with Crippen molar-refractivity contribution in [1.29, 1.82) is 0 Å². The first kappa shape index (κ1) is 12.3. The second-order valence-corrected chi connectivity index (χ2v) is 4.00. The van der Waals surface area contributed by atoms with Crippen molar-refractivity contribution in [2.45, 2.75) is 6.10 Å². The summed E-state index contributed by atoms with van der Waals surface area (Å²) >= 11 is 8.99. The highest BCUT2D eigenvalue weighted by atomic mass is 79.9. The van der Waals surface area contributed by atoms with E-state index in [-0.39, 0.29) is 6.61 Å². The molecule has 0 amide bonds. The molecule has 0 heterocycles. The number of ether oxygens (including phenoxy) is 1. The minimum Gasteiger partial charge on any atom is -0.490 e. The number of aliphatic hydroxyl groups is 1. The molecule has 2 N–H and O–H groups in total. The Balaban J connectivity index is 2.58. The third kappa shape index (κ3) is 3.70. The Morgan fingerprint density at radius 1 is 1.60 bits per heavy atom. The predicted octanol–water partition coefficient (Wildman–Crippen LogP) is 1.93. The van der Waals surface area contributed by atoms with Crippen molar-refractivity contribution in [3.05, 3.63) is 27.7 Å². The molecule has 0 saturated carbocycles. The fraction of sp³-hybridized carbons (Fsp3) is 0.222. The maximum atomic E-state index is 10.3. The van der Waals surface area contributed by atoms with E-state index >= 15 is 0 Å². The van der Waals surface area contributed by atoms with Crippen LogP contribution in [-0.4, -0.2) is 28.9 Å². The van der Waals surface area contributed by atoms with E-state index in [1.165, 1.54) is 6.07 Å². The number of aliphatic carboxylic acids is 1. The van der Waals surface area contributed by atoms with E-state index in [1.807, 2.05) is 0 Å². The minimum atomic E-state index is -1.53.